The Morgan fingerprint density at radius 3 is 2.69 bits per heavy atom. The molecule has 4 aromatic heterocycles. The maximum atomic E-state index is 12.7. The number of likely N-dealkylation sites (tertiary alicyclic amines) is 1. The Morgan fingerprint density at radius 1 is 1.10 bits per heavy atom. The summed E-state index contributed by atoms with van der Waals surface area (Å²) in [6.07, 6.45) is 10.4. The van der Waals surface area contributed by atoms with Gasteiger partial charge in [0.1, 0.15) is 5.69 Å². The third-order valence-electron chi connectivity index (χ3n) is 5.43. The third-order valence-corrected chi connectivity index (χ3v) is 5.43. The lowest BCUT2D eigenvalue weighted by molar-refractivity contribution is 0.0684. The van der Waals surface area contributed by atoms with Gasteiger partial charge in [0.2, 0.25) is 0 Å². The van der Waals surface area contributed by atoms with E-state index in [-0.39, 0.29) is 11.9 Å². The molecular formula is C20H20N8O. The number of aromatic nitrogens is 7. The van der Waals surface area contributed by atoms with Gasteiger partial charge in [0.05, 0.1) is 18.2 Å². The molecule has 1 fully saturated rings. The monoisotopic (exact) mass is 388 g/mol. The van der Waals surface area contributed by atoms with Crippen LogP contribution in [-0.4, -0.2) is 58.2 Å². The molecular weight excluding hydrogens is 368 g/mol. The van der Waals surface area contributed by atoms with E-state index in [0.717, 1.165) is 29.7 Å². The molecule has 1 aliphatic rings. The van der Waals surface area contributed by atoms with E-state index in [1.54, 1.807) is 48.9 Å². The number of carbonyl (C=O) groups is 1. The van der Waals surface area contributed by atoms with Crippen LogP contribution in [0.3, 0.4) is 0 Å². The summed E-state index contributed by atoms with van der Waals surface area (Å²) < 4.78 is 3.71. The average molecular weight is 388 g/mol. The molecule has 0 spiro atoms. The lowest BCUT2D eigenvalue weighted by Crippen LogP contribution is -2.39. The first-order valence-electron chi connectivity index (χ1n) is 9.58. The van der Waals surface area contributed by atoms with Crippen LogP contribution in [0.2, 0.25) is 0 Å². The molecule has 0 aromatic carbocycles. The fraction of sp³-hybridized carbons (Fsp3) is 0.300. The highest BCUT2D eigenvalue weighted by molar-refractivity contribution is 5.92. The summed E-state index contributed by atoms with van der Waals surface area (Å²) in [6, 6.07) is 5.83. The average Bonchev–Trinajstić information content (AvgIpc) is 3.39. The van der Waals surface area contributed by atoms with E-state index in [4.69, 9.17) is 4.98 Å². The molecule has 146 valence electrons. The number of pyridine rings is 1. The van der Waals surface area contributed by atoms with Crippen molar-refractivity contribution in [3.05, 3.63) is 55.0 Å². The third kappa shape index (κ3) is 3.14. The molecule has 1 aliphatic heterocycles. The Hall–Kier alpha value is -3.62. The minimum absolute atomic E-state index is 0.0256. The summed E-state index contributed by atoms with van der Waals surface area (Å²) >= 11 is 0. The molecule has 1 amide bonds. The smallest absolute Gasteiger partial charge is 0.272 e. The van der Waals surface area contributed by atoms with Crippen molar-refractivity contribution in [2.24, 2.45) is 7.05 Å². The van der Waals surface area contributed by atoms with Crippen LogP contribution in [0.25, 0.3) is 22.6 Å². The van der Waals surface area contributed by atoms with Gasteiger partial charge in [-0.15, -0.1) is 0 Å². The topological polar surface area (TPSA) is 94.6 Å². The molecule has 5 heterocycles. The second-order valence-electron chi connectivity index (χ2n) is 7.16. The van der Waals surface area contributed by atoms with Gasteiger partial charge in [-0.05, 0) is 31.0 Å². The molecule has 0 unspecified atom stereocenters. The largest absolute Gasteiger partial charge is 0.337 e. The first-order valence-corrected chi connectivity index (χ1v) is 9.58. The Morgan fingerprint density at radius 2 is 1.97 bits per heavy atom. The molecule has 4 aromatic rings. The van der Waals surface area contributed by atoms with Gasteiger partial charge in [0.25, 0.3) is 5.91 Å². The zero-order valence-electron chi connectivity index (χ0n) is 16.0. The normalized spacial score (nSPS) is 15.1. The first kappa shape index (κ1) is 17.5. The number of hydrogen-bond acceptors (Lipinski definition) is 6. The van der Waals surface area contributed by atoms with Crippen LogP contribution >= 0.6 is 0 Å². The molecule has 0 atom stereocenters. The highest BCUT2D eigenvalue weighted by atomic mass is 16.2. The Labute approximate surface area is 167 Å². The number of fused-ring (bicyclic) bond motifs is 1. The number of carbonyl (C=O) groups excluding carboxylic acids is 1. The maximum Gasteiger partial charge on any atom is 0.272 e. The predicted molar refractivity (Wildman–Crippen MR) is 106 cm³/mol. The summed E-state index contributed by atoms with van der Waals surface area (Å²) in [7, 11) is 1.79. The van der Waals surface area contributed by atoms with Crippen molar-refractivity contribution in [3.8, 4) is 11.3 Å². The van der Waals surface area contributed by atoms with Gasteiger partial charge in [-0.1, -0.05) is 0 Å². The lowest BCUT2D eigenvalue weighted by Gasteiger charge is -2.32. The maximum absolute atomic E-state index is 12.7. The molecule has 1 saturated heterocycles. The van der Waals surface area contributed by atoms with Crippen LogP contribution in [0, 0.1) is 0 Å². The fourth-order valence-electron chi connectivity index (χ4n) is 3.82. The van der Waals surface area contributed by atoms with Crippen molar-refractivity contribution in [1.82, 2.24) is 39.2 Å². The summed E-state index contributed by atoms with van der Waals surface area (Å²) in [5.74, 6) is 0.0256. The van der Waals surface area contributed by atoms with Crippen molar-refractivity contribution in [3.63, 3.8) is 0 Å². The summed E-state index contributed by atoms with van der Waals surface area (Å²) in [4.78, 5) is 32.4. The number of imidazole rings is 1. The number of rotatable bonds is 3. The molecule has 0 saturated carbocycles. The van der Waals surface area contributed by atoms with E-state index in [1.807, 2.05) is 17.0 Å². The molecule has 29 heavy (non-hydrogen) atoms. The van der Waals surface area contributed by atoms with Crippen molar-refractivity contribution in [2.75, 3.05) is 13.1 Å². The van der Waals surface area contributed by atoms with E-state index >= 15 is 0 Å². The minimum Gasteiger partial charge on any atom is -0.337 e. The number of nitrogens with zero attached hydrogens (tertiary/aromatic N) is 8. The van der Waals surface area contributed by atoms with Crippen LogP contribution in [0.4, 0.5) is 0 Å². The summed E-state index contributed by atoms with van der Waals surface area (Å²) in [5.41, 5.74) is 3.71. The van der Waals surface area contributed by atoms with Crippen LogP contribution in [0.15, 0.2) is 49.3 Å². The van der Waals surface area contributed by atoms with Crippen LogP contribution in [0.1, 0.15) is 29.4 Å². The molecule has 9 nitrogen and oxygen atoms in total. The second-order valence-corrected chi connectivity index (χ2v) is 7.16. The van der Waals surface area contributed by atoms with Gasteiger partial charge in [-0.3, -0.25) is 14.5 Å². The van der Waals surface area contributed by atoms with Crippen molar-refractivity contribution in [2.45, 2.75) is 18.9 Å². The second kappa shape index (κ2) is 7.08. The Kier molecular flexibility index (Phi) is 4.27. The lowest BCUT2D eigenvalue weighted by atomic mass is 10.0. The SMILES string of the molecule is Cn1nccc1C(=O)N1CCC(n2cnc3ncc(-c4cccnc4)nc32)CC1. The van der Waals surface area contributed by atoms with E-state index < -0.39 is 0 Å². The van der Waals surface area contributed by atoms with E-state index in [1.165, 1.54) is 0 Å². The van der Waals surface area contributed by atoms with Gasteiger partial charge in [0.15, 0.2) is 11.3 Å². The van der Waals surface area contributed by atoms with Gasteiger partial charge in [-0.25, -0.2) is 15.0 Å². The van der Waals surface area contributed by atoms with Crippen LogP contribution in [-0.2, 0) is 7.05 Å². The Balaban J connectivity index is 1.37. The number of amides is 1. The van der Waals surface area contributed by atoms with E-state index in [9.17, 15) is 4.79 Å². The van der Waals surface area contributed by atoms with E-state index in [0.29, 0.717) is 24.4 Å². The van der Waals surface area contributed by atoms with E-state index in [2.05, 4.69) is 24.6 Å². The van der Waals surface area contributed by atoms with Crippen molar-refractivity contribution >= 4 is 17.2 Å². The van der Waals surface area contributed by atoms with Crippen molar-refractivity contribution < 1.29 is 4.79 Å². The molecule has 0 N–H and O–H groups in total. The van der Waals surface area contributed by atoms with Gasteiger partial charge < -0.3 is 9.47 Å². The highest BCUT2D eigenvalue weighted by Gasteiger charge is 2.27. The van der Waals surface area contributed by atoms with Gasteiger partial charge >= 0.3 is 0 Å². The summed E-state index contributed by atoms with van der Waals surface area (Å²) in [5, 5.41) is 4.09. The quantitative estimate of drug-likeness (QED) is 0.533. The first-order chi connectivity index (χ1) is 14.2. The molecule has 0 radical (unpaired) electrons. The number of piperidine rings is 1. The minimum atomic E-state index is 0.0256. The Bertz CT molecular complexity index is 1160. The van der Waals surface area contributed by atoms with Crippen molar-refractivity contribution in [1.29, 1.82) is 0 Å². The fourth-order valence-corrected chi connectivity index (χ4v) is 3.82. The standard InChI is InChI=1S/C20H20N8O/c1-26-17(4-8-24-26)20(29)27-9-5-15(6-10-27)28-13-23-18-19(28)25-16(12-22-18)14-3-2-7-21-11-14/h2-4,7-8,11-13,15H,5-6,9-10H2,1H3. The molecule has 0 aliphatic carbocycles. The number of aryl methyl sites for hydroxylation is 1. The summed E-state index contributed by atoms with van der Waals surface area (Å²) in [6.45, 7) is 1.37. The predicted octanol–water partition coefficient (Wildman–Crippen LogP) is 2.10. The molecule has 5 rings (SSSR count). The van der Waals surface area contributed by atoms with Crippen LogP contribution in [0.5, 0.6) is 0 Å². The zero-order valence-corrected chi connectivity index (χ0v) is 16.0. The number of hydrogen-bond donors (Lipinski definition) is 0. The molecule has 0 bridgehead atoms. The van der Waals surface area contributed by atoms with Crippen LogP contribution < -0.4 is 0 Å². The van der Waals surface area contributed by atoms with Gasteiger partial charge in [-0.2, -0.15) is 5.10 Å². The zero-order chi connectivity index (χ0) is 19.8. The highest BCUT2D eigenvalue weighted by Crippen LogP contribution is 2.27. The van der Waals surface area contributed by atoms with Gasteiger partial charge in [0, 0.05) is 50.3 Å². The molecule has 9 heteroatoms.